The fourth-order valence-electron chi connectivity index (χ4n) is 2.36. The number of hydrogen-bond acceptors (Lipinski definition) is 3. The van der Waals surface area contributed by atoms with Gasteiger partial charge in [0, 0.05) is 11.4 Å². The van der Waals surface area contributed by atoms with E-state index in [0.717, 1.165) is 30.2 Å². The minimum absolute atomic E-state index is 0.00268. The normalized spacial score (nSPS) is 12.7. The van der Waals surface area contributed by atoms with E-state index >= 15 is 0 Å². The molecule has 0 bridgehead atoms. The quantitative estimate of drug-likeness (QED) is 0.865. The summed E-state index contributed by atoms with van der Waals surface area (Å²) in [5.74, 6) is 0. The van der Waals surface area contributed by atoms with Crippen molar-refractivity contribution in [2.24, 2.45) is 0 Å². The zero-order valence-electron chi connectivity index (χ0n) is 11.6. The molecule has 1 heterocycles. The smallest absolute Gasteiger partial charge is 0.274 e. The Labute approximate surface area is 113 Å². The van der Waals surface area contributed by atoms with Gasteiger partial charge in [0.1, 0.15) is 0 Å². The lowest BCUT2D eigenvalue weighted by atomic mass is 10.1. The predicted molar refractivity (Wildman–Crippen MR) is 78.4 cm³/mol. The Bertz CT molecular complexity index is 585. The van der Waals surface area contributed by atoms with E-state index in [1.54, 1.807) is 10.9 Å². The molecule has 4 nitrogen and oxygen atoms in total. The molecule has 2 aromatic rings. The van der Waals surface area contributed by atoms with Crippen LogP contribution in [0.1, 0.15) is 26.7 Å². The van der Waals surface area contributed by atoms with Gasteiger partial charge in [-0.3, -0.25) is 4.79 Å². The van der Waals surface area contributed by atoms with Crippen LogP contribution in [0.5, 0.6) is 0 Å². The zero-order valence-corrected chi connectivity index (χ0v) is 11.6. The highest BCUT2D eigenvalue weighted by molar-refractivity contribution is 5.80. The Balaban J connectivity index is 2.29. The van der Waals surface area contributed by atoms with Gasteiger partial charge in [0.05, 0.1) is 18.1 Å². The van der Waals surface area contributed by atoms with E-state index in [1.807, 2.05) is 24.3 Å². The van der Waals surface area contributed by atoms with Crippen molar-refractivity contribution < 1.29 is 0 Å². The summed E-state index contributed by atoms with van der Waals surface area (Å²) in [6.07, 6.45) is 3.92. The van der Waals surface area contributed by atoms with E-state index in [1.165, 1.54) is 0 Å². The topological polar surface area (TPSA) is 46.9 Å². The summed E-state index contributed by atoms with van der Waals surface area (Å²) in [4.78, 5) is 12.3. The van der Waals surface area contributed by atoms with Crippen LogP contribution in [0.4, 0.5) is 0 Å². The molecule has 1 N–H and O–H groups in total. The van der Waals surface area contributed by atoms with Crippen molar-refractivity contribution in [3.63, 3.8) is 0 Å². The maximum atomic E-state index is 12.3. The third kappa shape index (κ3) is 3.20. The van der Waals surface area contributed by atoms with Crippen LogP contribution >= 0.6 is 0 Å². The van der Waals surface area contributed by atoms with Crippen LogP contribution in [0.3, 0.4) is 0 Å². The Kier molecular flexibility index (Phi) is 4.68. The van der Waals surface area contributed by atoms with Crippen molar-refractivity contribution in [3.8, 4) is 0 Å². The maximum absolute atomic E-state index is 12.3. The summed E-state index contributed by atoms with van der Waals surface area (Å²) in [5, 5.41) is 9.32. The van der Waals surface area contributed by atoms with Gasteiger partial charge in [0.15, 0.2) is 0 Å². The summed E-state index contributed by atoms with van der Waals surface area (Å²) in [6.45, 7) is 5.78. The Morgan fingerprint density at radius 2 is 2.11 bits per heavy atom. The van der Waals surface area contributed by atoms with Gasteiger partial charge in [-0.15, -0.1) is 0 Å². The molecule has 0 aliphatic carbocycles. The fourth-order valence-corrected chi connectivity index (χ4v) is 2.36. The van der Waals surface area contributed by atoms with E-state index in [0.29, 0.717) is 12.6 Å². The first-order valence-corrected chi connectivity index (χ1v) is 6.94. The molecule has 2 rings (SSSR count). The number of aromatic nitrogens is 2. The number of nitrogens with zero attached hydrogens (tertiary/aromatic N) is 2. The summed E-state index contributed by atoms with van der Waals surface area (Å²) in [5.41, 5.74) is -0.00268. The predicted octanol–water partition coefficient (Wildman–Crippen LogP) is 2.17. The van der Waals surface area contributed by atoms with E-state index in [-0.39, 0.29) is 5.56 Å². The molecule has 1 aromatic heterocycles. The lowest BCUT2D eigenvalue weighted by molar-refractivity contribution is 0.401. The van der Waals surface area contributed by atoms with Crippen LogP contribution in [0, 0.1) is 0 Å². The molecular formula is C15H21N3O. The van der Waals surface area contributed by atoms with E-state index in [9.17, 15) is 4.79 Å². The molecule has 0 aliphatic rings. The Morgan fingerprint density at radius 3 is 2.84 bits per heavy atom. The van der Waals surface area contributed by atoms with Gasteiger partial charge in [0.25, 0.3) is 5.56 Å². The molecule has 1 unspecified atom stereocenters. The van der Waals surface area contributed by atoms with Crippen LogP contribution in [-0.2, 0) is 6.54 Å². The van der Waals surface area contributed by atoms with Crippen molar-refractivity contribution in [1.82, 2.24) is 15.1 Å². The molecule has 0 saturated carbocycles. The van der Waals surface area contributed by atoms with Crippen molar-refractivity contribution in [2.75, 3.05) is 6.54 Å². The largest absolute Gasteiger partial charge is 0.312 e. The van der Waals surface area contributed by atoms with Crippen molar-refractivity contribution in [3.05, 3.63) is 40.8 Å². The third-order valence-electron chi connectivity index (χ3n) is 3.29. The van der Waals surface area contributed by atoms with E-state index < -0.39 is 0 Å². The lowest BCUT2D eigenvalue weighted by Gasteiger charge is -2.17. The van der Waals surface area contributed by atoms with Gasteiger partial charge >= 0.3 is 0 Å². The number of hydrogen-bond donors (Lipinski definition) is 1. The number of fused-ring (bicyclic) bond motifs is 1. The summed E-state index contributed by atoms with van der Waals surface area (Å²) in [6, 6.07) is 7.90. The van der Waals surface area contributed by atoms with Crippen LogP contribution in [0.25, 0.3) is 10.8 Å². The molecule has 0 saturated heterocycles. The molecular weight excluding hydrogens is 238 g/mol. The fraction of sp³-hybridized carbons (Fsp3) is 0.467. The van der Waals surface area contributed by atoms with Gasteiger partial charge in [0.2, 0.25) is 0 Å². The number of benzene rings is 1. The first-order valence-electron chi connectivity index (χ1n) is 6.94. The molecule has 0 spiro atoms. The highest BCUT2D eigenvalue weighted by Gasteiger charge is 2.10. The Hall–Kier alpha value is -1.68. The first-order chi connectivity index (χ1) is 9.26. The van der Waals surface area contributed by atoms with Crippen LogP contribution < -0.4 is 10.9 Å². The number of likely N-dealkylation sites (N-methyl/N-ethyl adjacent to an activating group) is 1. The van der Waals surface area contributed by atoms with Crippen molar-refractivity contribution >= 4 is 10.8 Å². The van der Waals surface area contributed by atoms with Gasteiger partial charge in [-0.1, -0.05) is 38.5 Å². The van der Waals surface area contributed by atoms with Crippen LogP contribution in [0.15, 0.2) is 35.3 Å². The summed E-state index contributed by atoms with van der Waals surface area (Å²) in [7, 11) is 0. The standard InChI is InChI=1S/C15H21N3O/c1-3-7-13(16-4-2)11-18-15(19)14-9-6-5-8-12(14)10-17-18/h5-6,8-10,13,16H,3-4,7,11H2,1-2H3. The monoisotopic (exact) mass is 259 g/mol. The van der Waals surface area contributed by atoms with Crippen molar-refractivity contribution in [1.29, 1.82) is 0 Å². The summed E-state index contributed by atoms with van der Waals surface area (Å²) >= 11 is 0. The lowest BCUT2D eigenvalue weighted by Crippen LogP contribution is -2.37. The maximum Gasteiger partial charge on any atom is 0.274 e. The zero-order chi connectivity index (χ0) is 13.7. The molecule has 19 heavy (non-hydrogen) atoms. The molecule has 0 amide bonds. The minimum atomic E-state index is -0.00268. The average Bonchev–Trinajstić information content (AvgIpc) is 2.43. The van der Waals surface area contributed by atoms with Gasteiger partial charge < -0.3 is 5.32 Å². The Morgan fingerprint density at radius 1 is 1.32 bits per heavy atom. The van der Waals surface area contributed by atoms with Crippen LogP contribution in [0.2, 0.25) is 0 Å². The SMILES string of the molecule is CCCC(Cn1ncc2ccccc2c1=O)NCC. The van der Waals surface area contributed by atoms with Crippen LogP contribution in [-0.4, -0.2) is 22.4 Å². The van der Waals surface area contributed by atoms with Gasteiger partial charge in [-0.25, -0.2) is 4.68 Å². The first kappa shape index (κ1) is 13.7. The number of nitrogens with one attached hydrogen (secondary N) is 1. The van der Waals surface area contributed by atoms with Crippen molar-refractivity contribution in [2.45, 2.75) is 39.3 Å². The van der Waals surface area contributed by atoms with E-state index in [4.69, 9.17) is 0 Å². The molecule has 1 aromatic carbocycles. The summed E-state index contributed by atoms with van der Waals surface area (Å²) < 4.78 is 1.57. The highest BCUT2D eigenvalue weighted by atomic mass is 16.1. The van der Waals surface area contributed by atoms with E-state index in [2.05, 4.69) is 24.3 Å². The average molecular weight is 259 g/mol. The number of rotatable bonds is 6. The molecule has 0 fully saturated rings. The second-order valence-corrected chi connectivity index (χ2v) is 4.76. The third-order valence-corrected chi connectivity index (χ3v) is 3.29. The minimum Gasteiger partial charge on any atom is -0.312 e. The molecule has 0 aliphatic heterocycles. The molecule has 102 valence electrons. The molecule has 1 atom stereocenters. The van der Waals surface area contributed by atoms with Gasteiger partial charge in [-0.05, 0) is 19.0 Å². The van der Waals surface area contributed by atoms with Gasteiger partial charge in [-0.2, -0.15) is 5.10 Å². The molecule has 0 radical (unpaired) electrons. The molecule has 4 heteroatoms. The second kappa shape index (κ2) is 6.48. The second-order valence-electron chi connectivity index (χ2n) is 4.76. The highest BCUT2D eigenvalue weighted by Crippen LogP contribution is 2.07.